The van der Waals surface area contributed by atoms with Crippen molar-refractivity contribution in [2.45, 2.75) is 25.8 Å². The van der Waals surface area contributed by atoms with Crippen LogP contribution in [0.4, 0.5) is 5.69 Å². The lowest BCUT2D eigenvalue weighted by Crippen LogP contribution is -2.34. The fourth-order valence-electron chi connectivity index (χ4n) is 3.80. The number of benzene rings is 1. The molecule has 1 saturated heterocycles. The van der Waals surface area contributed by atoms with Gasteiger partial charge < -0.3 is 19.9 Å². The molecule has 0 amide bonds. The van der Waals surface area contributed by atoms with Gasteiger partial charge in [0.05, 0.1) is 22.8 Å². The van der Waals surface area contributed by atoms with Crippen molar-refractivity contribution in [3.63, 3.8) is 0 Å². The molecule has 1 unspecified atom stereocenters. The summed E-state index contributed by atoms with van der Waals surface area (Å²) in [5.41, 5.74) is 2.60. The van der Waals surface area contributed by atoms with E-state index in [1.165, 1.54) is 24.2 Å². The third kappa shape index (κ3) is 3.29. The normalized spacial score (nSPS) is 24.5. The Hall–Kier alpha value is -2.38. The van der Waals surface area contributed by atoms with Crippen LogP contribution in [0, 0.1) is 5.92 Å². The molecule has 2 aliphatic heterocycles. The molecular formula is C21H23N3O3S. The summed E-state index contributed by atoms with van der Waals surface area (Å²) < 4.78 is 7.08. The Balaban J connectivity index is 1.53. The number of anilines is 1. The third-order valence-corrected chi connectivity index (χ3v) is 6.70. The second-order valence-electron chi connectivity index (χ2n) is 7.80. The van der Waals surface area contributed by atoms with Crippen LogP contribution >= 0.6 is 11.3 Å². The van der Waals surface area contributed by atoms with Crippen molar-refractivity contribution < 1.29 is 9.53 Å². The summed E-state index contributed by atoms with van der Waals surface area (Å²) in [6, 6.07) is 5.89. The Labute approximate surface area is 166 Å². The highest BCUT2D eigenvalue weighted by Gasteiger charge is 2.28. The van der Waals surface area contributed by atoms with Crippen LogP contribution in [0.25, 0.3) is 11.6 Å². The van der Waals surface area contributed by atoms with E-state index in [1.807, 2.05) is 25.1 Å². The lowest BCUT2D eigenvalue weighted by atomic mass is 10.1. The first kappa shape index (κ1) is 17.7. The maximum absolute atomic E-state index is 12.4. The van der Waals surface area contributed by atoms with Gasteiger partial charge >= 0.3 is 0 Å². The average Bonchev–Trinajstić information content (AvgIpc) is 3.35. The summed E-state index contributed by atoms with van der Waals surface area (Å²) in [5.74, 6) is 1.78. The molecule has 1 atom stereocenters. The van der Waals surface area contributed by atoms with Gasteiger partial charge in [-0.25, -0.2) is 0 Å². The Morgan fingerprint density at radius 1 is 1.32 bits per heavy atom. The molecule has 7 heteroatoms. The molecule has 1 aliphatic carbocycles. The molecule has 1 aromatic carbocycles. The van der Waals surface area contributed by atoms with Crippen LogP contribution in [0.15, 0.2) is 23.0 Å². The largest absolute Gasteiger partial charge is 0.490 e. The highest BCUT2D eigenvalue weighted by Crippen LogP contribution is 2.37. The number of hydrogen-bond acceptors (Lipinski definition) is 6. The maximum atomic E-state index is 12.4. The smallest absolute Gasteiger partial charge is 0.266 e. The number of ketones is 1. The van der Waals surface area contributed by atoms with Crippen molar-refractivity contribution in [1.29, 1.82) is 0 Å². The quantitative estimate of drug-likeness (QED) is 0.793. The number of carbonyl (C=O) groups is 1. The number of rotatable bonds is 3. The van der Waals surface area contributed by atoms with Gasteiger partial charge in [-0.1, -0.05) is 6.07 Å². The topological polar surface area (TPSA) is 74.4 Å². The van der Waals surface area contributed by atoms with Gasteiger partial charge in [0.2, 0.25) is 0 Å². The van der Waals surface area contributed by atoms with Gasteiger partial charge in [-0.2, -0.15) is 0 Å². The molecule has 3 heterocycles. The highest BCUT2D eigenvalue weighted by atomic mass is 32.1. The number of aromatic amines is 1. The zero-order chi connectivity index (χ0) is 19.3. The van der Waals surface area contributed by atoms with Crippen LogP contribution in [-0.4, -0.2) is 43.1 Å². The molecule has 0 bridgehead atoms. The Morgan fingerprint density at radius 3 is 2.93 bits per heavy atom. The minimum Gasteiger partial charge on any atom is -0.490 e. The standard InChI is InChI=1S/C21H23N3O3S/c1-12-19(25)15(10-22-12)21-23-20(26)18(28-21)9-14-4-5-17-16(8-14)24(6-7-27-17)11-13-2-3-13/h4-5,8-9,12-13,22H,2-3,6-7,10-11H2,1H3,(H,23,26)/b18-9-,21-15+. The van der Waals surface area contributed by atoms with E-state index in [2.05, 4.69) is 21.3 Å². The van der Waals surface area contributed by atoms with Gasteiger partial charge in [0.25, 0.3) is 5.56 Å². The fraction of sp³-hybridized carbons (Fsp3) is 0.429. The van der Waals surface area contributed by atoms with Gasteiger partial charge in [0.15, 0.2) is 5.78 Å². The average molecular weight is 398 g/mol. The molecule has 0 radical (unpaired) electrons. The summed E-state index contributed by atoms with van der Waals surface area (Å²) in [4.78, 5) is 29.9. The van der Waals surface area contributed by atoms with Crippen molar-refractivity contribution in [2.24, 2.45) is 5.92 Å². The first-order valence-corrected chi connectivity index (χ1v) is 10.6. The second-order valence-corrected chi connectivity index (χ2v) is 8.86. The molecule has 2 aromatic rings. The number of Topliss-reactive ketones (excluding diaryl/α,β-unsaturated/α-hetero) is 1. The lowest BCUT2D eigenvalue weighted by Gasteiger charge is -2.31. The molecule has 2 N–H and O–H groups in total. The number of aromatic nitrogens is 1. The second kappa shape index (κ2) is 6.90. The van der Waals surface area contributed by atoms with E-state index in [9.17, 15) is 9.59 Å². The first-order valence-electron chi connectivity index (χ1n) is 9.82. The predicted octanol–water partition coefficient (Wildman–Crippen LogP) is 0.586. The molecule has 5 rings (SSSR count). The zero-order valence-corrected chi connectivity index (χ0v) is 16.6. The predicted molar refractivity (Wildman–Crippen MR) is 111 cm³/mol. The summed E-state index contributed by atoms with van der Waals surface area (Å²) in [5, 5.41) is 3.12. The van der Waals surface area contributed by atoms with Crippen molar-refractivity contribution in [2.75, 3.05) is 31.1 Å². The van der Waals surface area contributed by atoms with Gasteiger partial charge in [-0.3, -0.25) is 9.59 Å². The van der Waals surface area contributed by atoms with E-state index in [-0.39, 0.29) is 17.4 Å². The number of ether oxygens (including phenoxy) is 1. The van der Waals surface area contributed by atoms with E-state index in [1.54, 1.807) is 0 Å². The molecule has 1 aromatic heterocycles. The molecule has 28 heavy (non-hydrogen) atoms. The Bertz CT molecular complexity index is 1110. The van der Waals surface area contributed by atoms with Crippen molar-refractivity contribution in [1.82, 2.24) is 10.3 Å². The number of H-pyrrole nitrogens is 1. The molecule has 6 nitrogen and oxygen atoms in total. The van der Waals surface area contributed by atoms with Crippen LogP contribution in [0.2, 0.25) is 0 Å². The van der Waals surface area contributed by atoms with E-state index >= 15 is 0 Å². The van der Waals surface area contributed by atoms with E-state index < -0.39 is 0 Å². The third-order valence-electron chi connectivity index (χ3n) is 5.63. The number of nitrogens with zero attached hydrogens (tertiary/aromatic N) is 1. The van der Waals surface area contributed by atoms with Crippen LogP contribution in [0.5, 0.6) is 5.75 Å². The number of carbonyl (C=O) groups excluding carboxylic acids is 1. The molecule has 2 fully saturated rings. The van der Waals surface area contributed by atoms with Gasteiger partial charge in [-0.15, -0.1) is 11.3 Å². The van der Waals surface area contributed by atoms with Crippen LogP contribution < -0.4 is 29.7 Å². The van der Waals surface area contributed by atoms with Crippen LogP contribution in [0.1, 0.15) is 25.3 Å². The number of nitrogens with one attached hydrogen (secondary N) is 2. The van der Waals surface area contributed by atoms with Crippen LogP contribution in [-0.2, 0) is 4.79 Å². The summed E-state index contributed by atoms with van der Waals surface area (Å²) in [6.07, 6.45) is 4.53. The number of thiazole rings is 1. The zero-order valence-electron chi connectivity index (χ0n) is 15.8. The molecule has 0 spiro atoms. The Morgan fingerprint density at radius 2 is 2.18 bits per heavy atom. The van der Waals surface area contributed by atoms with E-state index in [0.29, 0.717) is 21.3 Å². The SMILES string of the molecule is CC1NC/C(=c2/[nH]c(=O)/c(=C/c3ccc4c(c3)N(CC3CC3)CCO4)s2)C1=O. The molecular weight excluding hydrogens is 374 g/mol. The minimum absolute atomic E-state index is 0.0608. The summed E-state index contributed by atoms with van der Waals surface area (Å²) in [7, 11) is 0. The lowest BCUT2D eigenvalue weighted by molar-refractivity contribution is -0.114. The molecule has 146 valence electrons. The number of fused-ring (bicyclic) bond motifs is 1. The molecule has 1 saturated carbocycles. The summed E-state index contributed by atoms with van der Waals surface area (Å²) in [6.45, 7) is 5.05. The van der Waals surface area contributed by atoms with Gasteiger partial charge in [0.1, 0.15) is 17.0 Å². The summed E-state index contributed by atoms with van der Waals surface area (Å²) >= 11 is 1.35. The highest BCUT2D eigenvalue weighted by molar-refractivity contribution is 7.07. The number of hydrogen-bond donors (Lipinski definition) is 2. The Kier molecular flexibility index (Phi) is 4.36. The minimum atomic E-state index is -0.189. The molecule has 3 aliphatic rings. The van der Waals surface area contributed by atoms with Crippen molar-refractivity contribution in [3.05, 3.63) is 43.3 Å². The van der Waals surface area contributed by atoms with Gasteiger partial charge in [0, 0.05) is 18.7 Å². The first-order chi connectivity index (χ1) is 13.6. The van der Waals surface area contributed by atoms with E-state index in [0.717, 1.165) is 42.6 Å². The maximum Gasteiger partial charge on any atom is 0.266 e. The fourth-order valence-corrected chi connectivity index (χ4v) is 4.80. The van der Waals surface area contributed by atoms with Crippen molar-refractivity contribution >= 4 is 34.5 Å². The van der Waals surface area contributed by atoms with Gasteiger partial charge in [-0.05, 0) is 49.5 Å². The monoisotopic (exact) mass is 397 g/mol. The van der Waals surface area contributed by atoms with Crippen molar-refractivity contribution in [3.8, 4) is 5.75 Å². The van der Waals surface area contributed by atoms with E-state index in [4.69, 9.17) is 4.74 Å². The van der Waals surface area contributed by atoms with Crippen LogP contribution in [0.3, 0.4) is 0 Å².